The molecule has 0 saturated carbocycles. The fourth-order valence-electron chi connectivity index (χ4n) is 3.36. The summed E-state index contributed by atoms with van der Waals surface area (Å²) in [6.07, 6.45) is 0. The van der Waals surface area contributed by atoms with Gasteiger partial charge in [-0.1, -0.05) is 30.0 Å². The summed E-state index contributed by atoms with van der Waals surface area (Å²) >= 11 is 1.47. The molecule has 4 rings (SSSR count). The van der Waals surface area contributed by atoms with Crippen LogP contribution < -0.4 is 4.90 Å². The van der Waals surface area contributed by atoms with Crippen molar-refractivity contribution >= 4 is 34.3 Å². The van der Waals surface area contributed by atoms with E-state index in [1.165, 1.54) is 23.9 Å². The van der Waals surface area contributed by atoms with Gasteiger partial charge in [0.15, 0.2) is 0 Å². The number of halogens is 1. The molecule has 7 heteroatoms. The Labute approximate surface area is 167 Å². The molecule has 3 aromatic rings. The predicted molar refractivity (Wildman–Crippen MR) is 110 cm³/mol. The number of aryl methyl sites for hydroxylation is 1. The Balaban J connectivity index is 1.36. The molecule has 28 heavy (non-hydrogen) atoms. The molecule has 144 valence electrons. The summed E-state index contributed by atoms with van der Waals surface area (Å²) in [7, 11) is 0. The van der Waals surface area contributed by atoms with E-state index >= 15 is 0 Å². The minimum atomic E-state index is -0.234. The second-order valence-electron chi connectivity index (χ2n) is 6.73. The number of anilines is 1. The third kappa shape index (κ3) is 4.09. The second kappa shape index (κ2) is 8.14. The van der Waals surface area contributed by atoms with Gasteiger partial charge >= 0.3 is 0 Å². The average molecular weight is 396 g/mol. The van der Waals surface area contributed by atoms with E-state index in [1.54, 1.807) is 12.1 Å². The van der Waals surface area contributed by atoms with Crippen LogP contribution in [0, 0.1) is 12.7 Å². The lowest BCUT2D eigenvalue weighted by Crippen LogP contribution is -2.49. The number of rotatable bonds is 4. The van der Waals surface area contributed by atoms with E-state index in [2.05, 4.69) is 14.9 Å². The summed E-state index contributed by atoms with van der Waals surface area (Å²) in [5.41, 5.74) is 1.89. The molecular formula is C21H21FN4OS. The number of carbonyl (C=O) groups is 1. The Morgan fingerprint density at radius 1 is 1.04 bits per heavy atom. The zero-order valence-corrected chi connectivity index (χ0v) is 16.5. The van der Waals surface area contributed by atoms with Crippen molar-refractivity contribution < 1.29 is 9.18 Å². The molecule has 2 heterocycles. The molecule has 0 atom stereocenters. The zero-order chi connectivity index (χ0) is 19.5. The van der Waals surface area contributed by atoms with Gasteiger partial charge in [-0.25, -0.2) is 14.4 Å². The number of thioether (sulfide) groups is 1. The van der Waals surface area contributed by atoms with E-state index in [1.807, 2.05) is 36.1 Å². The van der Waals surface area contributed by atoms with E-state index in [4.69, 9.17) is 0 Å². The molecule has 1 fully saturated rings. The molecule has 1 aromatic heterocycles. The quantitative estimate of drug-likeness (QED) is 0.499. The fourth-order valence-corrected chi connectivity index (χ4v) is 4.32. The van der Waals surface area contributed by atoms with Gasteiger partial charge in [0.25, 0.3) is 0 Å². The lowest BCUT2D eigenvalue weighted by molar-refractivity contribution is -0.128. The highest BCUT2D eigenvalue weighted by Gasteiger charge is 2.22. The van der Waals surface area contributed by atoms with E-state index in [0.717, 1.165) is 34.7 Å². The maximum absolute atomic E-state index is 13.1. The number of fused-ring (bicyclic) bond motifs is 1. The van der Waals surface area contributed by atoms with E-state index in [0.29, 0.717) is 24.7 Å². The van der Waals surface area contributed by atoms with Gasteiger partial charge in [-0.3, -0.25) is 4.79 Å². The number of benzene rings is 2. The van der Waals surface area contributed by atoms with Gasteiger partial charge in [-0.2, -0.15) is 0 Å². The number of hydrogen-bond donors (Lipinski definition) is 0. The summed E-state index contributed by atoms with van der Waals surface area (Å²) in [4.78, 5) is 25.7. The molecule has 1 amide bonds. The smallest absolute Gasteiger partial charge is 0.233 e. The highest BCUT2D eigenvalue weighted by atomic mass is 32.2. The van der Waals surface area contributed by atoms with Gasteiger partial charge in [0.2, 0.25) is 5.91 Å². The summed E-state index contributed by atoms with van der Waals surface area (Å²) in [6, 6.07) is 14.4. The molecule has 0 aliphatic carbocycles. The van der Waals surface area contributed by atoms with Crippen LogP contribution in [0.15, 0.2) is 53.6 Å². The normalized spacial score (nSPS) is 14.5. The van der Waals surface area contributed by atoms with Crippen molar-refractivity contribution in [3.8, 4) is 0 Å². The number of nitrogens with zero attached hydrogens (tertiary/aromatic N) is 4. The van der Waals surface area contributed by atoms with Crippen LogP contribution >= 0.6 is 11.8 Å². The van der Waals surface area contributed by atoms with Gasteiger partial charge in [0.1, 0.15) is 16.7 Å². The standard InChI is InChI=1S/C21H21FN4OS/c1-15-23-19-5-3-2-4-18(19)21(24-15)28-14-20(27)26-12-10-25(11-13-26)17-8-6-16(22)7-9-17/h2-9H,10-14H2,1H3. The van der Waals surface area contributed by atoms with Crippen LogP contribution in [-0.2, 0) is 4.79 Å². The molecule has 1 aliphatic rings. The first-order valence-corrected chi connectivity index (χ1v) is 10.2. The van der Waals surface area contributed by atoms with Crippen molar-refractivity contribution in [2.75, 3.05) is 36.8 Å². The summed E-state index contributed by atoms with van der Waals surface area (Å²) in [5.74, 6) is 0.949. The Hall–Kier alpha value is -2.67. The van der Waals surface area contributed by atoms with Crippen LogP contribution in [0.2, 0.25) is 0 Å². The molecule has 0 unspecified atom stereocenters. The summed E-state index contributed by atoms with van der Waals surface area (Å²) in [5, 5.41) is 1.83. The highest BCUT2D eigenvalue weighted by Crippen LogP contribution is 2.25. The Morgan fingerprint density at radius 3 is 2.50 bits per heavy atom. The van der Waals surface area contributed by atoms with Crippen LogP contribution in [0.3, 0.4) is 0 Å². The Kier molecular flexibility index (Phi) is 5.43. The molecule has 5 nitrogen and oxygen atoms in total. The first kappa shape index (κ1) is 18.7. The van der Waals surface area contributed by atoms with Crippen molar-refractivity contribution in [1.29, 1.82) is 0 Å². The largest absolute Gasteiger partial charge is 0.368 e. The molecule has 0 bridgehead atoms. The summed E-state index contributed by atoms with van der Waals surface area (Å²) < 4.78 is 13.1. The van der Waals surface area contributed by atoms with Crippen molar-refractivity contribution in [1.82, 2.24) is 14.9 Å². The monoisotopic (exact) mass is 396 g/mol. The van der Waals surface area contributed by atoms with Crippen LogP contribution in [-0.4, -0.2) is 52.7 Å². The molecular weight excluding hydrogens is 375 g/mol. The van der Waals surface area contributed by atoms with Crippen LogP contribution in [0.5, 0.6) is 0 Å². The first-order valence-electron chi connectivity index (χ1n) is 9.24. The van der Waals surface area contributed by atoms with Crippen molar-refractivity contribution in [2.24, 2.45) is 0 Å². The third-order valence-electron chi connectivity index (χ3n) is 4.84. The molecule has 0 N–H and O–H groups in total. The number of piperazine rings is 1. The number of amides is 1. The molecule has 1 aliphatic heterocycles. The molecule has 1 saturated heterocycles. The fraction of sp³-hybridized carbons (Fsp3) is 0.286. The van der Waals surface area contributed by atoms with E-state index < -0.39 is 0 Å². The second-order valence-corrected chi connectivity index (χ2v) is 7.69. The highest BCUT2D eigenvalue weighted by molar-refractivity contribution is 8.00. The molecule has 2 aromatic carbocycles. The predicted octanol–water partition coefficient (Wildman–Crippen LogP) is 3.52. The van der Waals surface area contributed by atoms with E-state index in [-0.39, 0.29) is 11.7 Å². The van der Waals surface area contributed by atoms with Crippen LogP contribution in [0.25, 0.3) is 10.9 Å². The average Bonchev–Trinajstić information content (AvgIpc) is 2.72. The van der Waals surface area contributed by atoms with Crippen LogP contribution in [0.1, 0.15) is 5.82 Å². The van der Waals surface area contributed by atoms with Gasteiger partial charge < -0.3 is 9.80 Å². The SMILES string of the molecule is Cc1nc(SCC(=O)N2CCN(c3ccc(F)cc3)CC2)c2ccccc2n1. The van der Waals surface area contributed by atoms with E-state index in [9.17, 15) is 9.18 Å². The molecule has 0 radical (unpaired) electrons. The van der Waals surface area contributed by atoms with Gasteiger partial charge in [0, 0.05) is 37.3 Å². The maximum atomic E-state index is 13.1. The maximum Gasteiger partial charge on any atom is 0.233 e. The first-order chi connectivity index (χ1) is 13.6. The minimum absolute atomic E-state index is 0.115. The zero-order valence-electron chi connectivity index (χ0n) is 15.6. The Morgan fingerprint density at radius 2 is 1.75 bits per heavy atom. The number of hydrogen-bond acceptors (Lipinski definition) is 5. The van der Waals surface area contributed by atoms with Gasteiger partial charge in [-0.15, -0.1) is 0 Å². The van der Waals surface area contributed by atoms with Crippen molar-refractivity contribution in [3.05, 3.63) is 60.2 Å². The summed E-state index contributed by atoms with van der Waals surface area (Å²) in [6.45, 7) is 4.70. The number of para-hydroxylation sites is 1. The van der Waals surface area contributed by atoms with Crippen molar-refractivity contribution in [3.63, 3.8) is 0 Å². The van der Waals surface area contributed by atoms with Crippen LogP contribution in [0.4, 0.5) is 10.1 Å². The number of carbonyl (C=O) groups excluding carboxylic acids is 1. The third-order valence-corrected chi connectivity index (χ3v) is 5.81. The van der Waals surface area contributed by atoms with Crippen molar-refractivity contribution in [2.45, 2.75) is 11.9 Å². The topological polar surface area (TPSA) is 49.3 Å². The molecule has 0 spiro atoms. The Bertz CT molecular complexity index is 987. The lowest BCUT2D eigenvalue weighted by atomic mass is 10.2. The minimum Gasteiger partial charge on any atom is -0.368 e. The number of aromatic nitrogens is 2. The van der Waals surface area contributed by atoms with Gasteiger partial charge in [0.05, 0.1) is 11.3 Å². The lowest BCUT2D eigenvalue weighted by Gasteiger charge is -2.36. The van der Waals surface area contributed by atoms with Gasteiger partial charge in [-0.05, 0) is 37.3 Å².